The van der Waals surface area contributed by atoms with E-state index in [1.807, 2.05) is 30.3 Å². The van der Waals surface area contributed by atoms with Gasteiger partial charge >= 0.3 is 12.1 Å². The van der Waals surface area contributed by atoms with Crippen LogP contribution in [0.5, 0.6) is 0 Å². The average molecular weight is 303 g/mol. The number of nitrogens with zero attached hydrogens (tertiary/aromatic N) is 2. The fourth-order valence-electron chi connectivity index (χ4n) is 1.88. The molecule has 1 unspecified atom stereocenters. The van der Waals surface area contributed by atoms with Crippen LogP contribution in [0.3, 0.4) is 0 Å². The molecule has 116 valence electrons. The number of benzene rings is 1. The van der Waals surface area contributed by atoms with Gasteiger partial charge in [-0.05, 0) is 5.56 Å². The molecule has 0 aliphatic rings. The molecule has 0 fully saturated rings. The van der Waals surface area contributed by atoms with Gasteiger partial charge in [0.2, 0.25) is 0 Å². The van der Waals surface area contributed by atoms with E-state index < -0.39 is 18.1 Å². The van der Waals surface area contributed by atoms with Crippen LogP contribution >= 0.6 is 0 Å². The lowest BCUT2D eigenvalue weighted by atomic mass is 10.2. The van der Waals surface area contributed by atoms with E-state index in [9.17, 15) is 14.7 Å². The van der Waals surface area contributed by atoms with E-state index in [1.165, 1.54) is 0 Å². The van der Waals surface area contributed by atoms with E-state index in [0.717, 1.165) is 5.56 Å². The van der Waals surface area contributed by atoms with E-state index in [1.54, 1.807) is 24.0 Å². The standard InChI is InChI=1S/C15H17N3O4/c1-18-8-7-16-13(18)9-12(14(19)20)17-15(21)22-10-11-5-3-2-4-6-11/h2-8,12H,9-10H2,1H3,(H,17,21)(H,19,20). The van der Waals surface area contributed by atoms with Crippen LogP contribution in [0.4, 0.5) is 4.79 Å². The summed E-state index contributed by atoms with van der Waals surface area (Å²) in [5.41, 5.74) is 0.827. The average Bonchev–Trinajstić information content (AvgIpc) is 2.91. The molecule has 0 radical (unpaired) electrons. The Morgan fingerprint density at radius 2 is 2.09 bits per heavy atom. The predicted molar refractivity (Wildman–Crippen MR) is 78.1 cm³/mol. The lowest BCUT2D eigenvalue weighted by Crippen LogP contribution is -2.43. The Morgan fingerprint density at radius 1 is 1.36 bits per heavy atom. The molecule has 1 heterocycles. The Kier molecular flexibility index (Phi) is 5.13. The van der Waals surface area contributed by atoms with Crippen molar-refractivity contribution in [3.63, 3.8) is 0 Å². The summed E-state index contributed by atoms with van der Waals surface area (Å²) in [6.45, 7) is 0.0847. The van der Waals surface area contributed by atoms with Crippen LogP contribution in [0.1, 0.15) is 11.4 Å². The molecule has 0 spiro atoms. The highest BCUT2D eigenvalue weighted by atomic mass is 16.5. The van der Waals surface area contributed by atoms with Gasteiger partial charge in [0.25, 0.3) is 0 Å². The number of amides is 1. The molecular formula is C15H17N3O4. The largest absolute Gasteiger partial charge is 0.480 e. The van der Waals surface area contributed by atoms with Gasteiger partial charge in [0.05, 0.1) is 0 Å². The summed E-state index contributed by atoms with van der Waals surface area (Å²) >= 11 is 0. The molecule has 0 bridgehead atoms. The number of hydrogen-bond donors (Lipinski definition) is 2. The first-order chi connectivity index (χ1) is 10.6. The summed E-state index contributed by atoms with van der Waals surface area (Å²) in [5.74, 6) is -0.574. The van der Waals surface area contributed by atoms with Gasteiger partial charge in [-0.1, -0.05) is 30.3 Å². The molecule has 1 aromatic heterocycles. The van der Waals surface area contributed by atoms with Gasteiger partial charge in [0.1, 0.15) is 18.5 Å². The zero-order valence-corrected chi connectivity index (χ0v) is 12.1. The smallest absolute Gasteiger partial charge is 0.408 e. The molecule has 0 aliphatic carbocycles. The normalized spacial score (nSPS) is 11.7. The maximum Gasteiger partial charge on any atom is 0.408 e. The predicted octanol–water partition coefficient (Wildman–Crippen LogP) is 1.34. The van der Waals surface area contributed by atoms with Crippen molar-refractivity contribution in [1.82, 2.24) is 14.9 Å². The van der Waals surface area contributed by atoms with Crippen LogP contribution in [0.2, 0.25) is 0 Å². The maximum atomic E-state index is 11.7. The van der Waals surface area contributed by atoms with E-state index in [4.69, 9.17) is 4.74 Å². The van der Waals surface area contributed by atoms with Gasteiger partial charge in [-0.2, -0.15) is 0 Å². The number of alkyl carbamates (subject to hydrolysis) is 1. The van der Waals surface area contributed by atoms with E-state index in [2.05, 4.69) is 10.3 Å². The number of carboxylic acids is 1. The second-order valence-corrected chi connectivity index (χ2v) is 4.76. The first kappa shape index (κ1) is 15.6. The summed E-state index contributed by atoms with van der Waals surface area (Å²) in [4.78, 5) is 27.0. The van der Waals surface area contributed by atoms with Crippen molar-refractivity contribution >= 4 is 12.1 Å². The number of imidazole rings is 1. The van der Waals surface area contributed by atoms with Gasteiger partial charge in [0.15, 0.2) is 0 Å². The molecule has 1 aromatic carbocycles. The Labute approximate surface area is 127 Å². The second kappa shape index (κ2) is 7.26. The highest BCUT2D eigenvalue weighted by Gasteiger charge is 2.22. The molecule has 0 aliphatic heterocycles. The fraction of sp³-hybridized carbons (Fsp3) is 0.267. The third-order valence-electron chi connectivity index (χ3n) is 3.11. The third kappa shape index (κ3) is 4.34. The van der Waals surface area contributed by atoms with Crippen molar-refractivity contribution in [2.75, 3.05) is 0 Å². The maximum absolute atomic E-state index is 11.7. The number of hydrogen-bond acceptors (Lipinski definition) is 4. The molecule has 0 saturated carbocycles. The minimum absolute atomic E-state index is 0.0826. The number of rotatable bonds is 6. The van der Waals surface area contributed by atoms with Crippen LogP contribution < -0.4 is 5.32 Å². The number of ether oxygens (including phenoxy) is 1. The third-order valence-corrected chi connectivity index (χ3v) is 3.11. The summed E-state index contributed by atoms with van der Waals surface area (Å²) in [5, 5.41) is 11.5. The topological polar surface area (TPSA) is 93.5 Å². The molecule has 2 rings (SSSR count). The Morgan fingerprint density at radius 3 is 2.68 bits per heavy atom. The number of aryl methyl sites for hydroxylation is 1. The van der Waals surface area contributed by atoms with Gasteiger partial charge < -0.3 is 19.7 Å². The minimum atomic E-state index is -1.14. The molecule has 7 heteroatoms. The molecule has 1 atom stereocenters. The highest BCUT2D eigenvalue weighted by Crippen LogP contribution is 2.03. The number of carbonyl (C=O) groups excluding carboxylic acids is 1. The molecule has 2 N–H and O–H groups in total. The zero-order valence-electron chi connectivity index (χ0n) is 12.1. The van der Waals surface area contributed by atoms with Gasteiger partial charge in [0, 0.05) is 25.9 Å². The van der Waals surface area contributed by atoms with Crippen LogP contribution in [0, 0.1) is 0 Å². The fourth-order valence-corrected chi connectivity index (χ4v) is 1.88. The SMILES string of the molecule is Cn1ccnc1CC(NC(=O)OCc1ccccc1)C(=O)O. The zero-order chi connectivity index (χ0) is 15.9. The van der Waals surface area contributed by atoms with E-state index in [0.29, 0.717) is 5.82 Å². The summed E-state index contributed by atoms with van der Waals surface area (Å²) in [6.07, 6.45) is 2.59. The number of carboxylic acid groups (broad SMARTS) is 1. The van der Waals surface area contributed by atoms with Crippen molar-refractivity contribution in [3.05, 3.63) is 54.1 Å². The first-order valence-electron chi connectivity index (χ1n) is 6.72. The van der Waals surface area contributed by atoms with Crippen LogP contribution in [0.15, 0.2) is 42.7 Å². The lowest BCUT2D eigenvalue weighted by molar-refractivity contribution is -0.139. The van der Waals surface area contributed by atoms with Gasteiger partial charge in [-0.3, -0.25) is 0 Å². The van der Waals surface area contributed by atoms with Gasteiger partial charge in [-0.15, -0.1) is 0 Å². The van der Waals surface area contributed by atoms with Crippen LogP contribution in [-0.2, 0) is 29.6 Å². The lowest BCUT2D eigenvalue weighted by Gasteiger charge is -2.14. The number of aromatic nitrogens is 2. The van der Waals surface area contributed by atoms with Crippen molar-refractivity contribution < 1.29 is 19.4 Å². The molecule has 7 nitrogen and oxygen atoms in total. The van der Waals surface area contributed by atoms with Crippen molar-refractivity contribution in [1.29, 1.82) is 0 Å². The van der Waals surface area contributed by atoms with Crippen molar-refractivity contribution in [2.24, 2.45) is 7.05 Å². The summed E-state index contributed by atoms with van der Waals surface area (Å²) in [7, 11) is 1.76. The van der Waals surface area contributed by atoms with E-state index >= 15 is 0 Å². The highest BCUT2D eigenvalue weighted by molar-refractivity contribution is 5.80. The molecule has 0 saturated heterocycles. The molecule has 22 heavy (non-hydrogen) atoms. The van der Waals surface area contributed by atoms with Crippen LogP contribution in [0.25, 0.3) is 0 Å². The van der Waals surface area contributed by atoms with Crippen molar-refractivity contribution in [2.45, 2.75) is 19.1 Å². The minimum Gasteiger partial charge on any atom is -0.480 e. The Balaban J connectivity index is 1.89. The Hall–Kier alpha value is -2.83. The summed E-state index contributed by atoms with van der Waals surface area (Å²) < 4.78 is 6.72. The van der Waals surface area contributed by atoms with Gasteiger partial charge in [-0.25, -0.2) is 14.6 Å². The monoisotopic (exact) mass is 303 g/mol. The first-order valence-corrected chi connectivity index (χ1v) is 6.72. The van der Waals surface area contributed by atoms with E-state index in [-0.39, 0.29) is 13.0 Å². The molecule has 2 aromatic rings. The summed E-state index contributed by atoms with van der Waals surface area (Å²) in [6, 6.07) is 8.06. The Bertz CT molecular complexity index is 639. The second-order valence-electron chi connectivity index (χ2n) is 4.76. The molecular weight excluding hydrogens is 286 g/mol. The molecule has 1 amide bonds. The van der Waals surface area contributed by atoms with Crippen molar-refractivity contribution in [3.8, 4) is 0 Å². The quantitative estimate of drug-likeness (QED) is 0.840. The number of nitrogens with one attached hydrogen (secondary N) is 1. The number of carbonyl (C=O) groups is 2. The van der Waals surface area contributed by atoms with Crippen LogP contribution in [-0.4, -0.2) is 32.8 Å². The number of aliphatic carboxylic acids is 1.